The van der Waals surface area contributed by atoms with Crippen LogP contribution < -0.4 is 10.1 Å². The zero-order valence-electron chi connectivity index (χ0n) is 22.1. The fourth-order valence-corrected chi connectivity index (χ4v) is 8.46. The summed E-state index contributed by atoms with van der Waals surface area (Å²) < 4.78 is 5.34. The first kappa shape index (κ1) is 26.0. The number of carbonyl (C=O) groups is 2. The molecule has 1 aromatic heterocycles. The number of nitrogens with one attached hydrogen (secondary N) is 1. The molecule has 3 aliphatic carbocycles. The summed E-state index contributed by atoms with van der Waals surface area (Å²) in [7, 11) is 1.73. The van der Waals surface area contributed by atoms with Gasteiger partial charge in [0.1, 0.15) is 11.4 Å². The number of anilines is 1. The first-order chi connectivity index (χ1) is 17.6. The maximum atomic E-state index is 12.8. The van der Waals surface area contributed by atoms with Gasteiger partial charge in [-0.1, -0.05) is 13.0 Å². The first-order valence-corrected chi connectivity index (χ1v) is 14.1. The van der Waals surface area contributed by atoms with Gasteiger partial charge >= 0.3 is 5.97 Å². The second kappa shape index (κ2) is 9.95. The lowest BCUT2D eigenvalue weighted by atomic mass is 9.52. The lowest BCUT2D eigenvalue weighted by molar-refractivity contribution is -0.131. The molecule has 2 saturated carbocycles. The van der Waals surface area contributed by atoms with Gasteiger partial charge in [-0.2, -0.15) is 0 Å². The van der Waals surface area contributed by atoms with E-state index in [2.05, 4.69) is 28.3 Å². The first-order valence-electron chi connectivity index (χ1n) is 13.3. The molecule has 37 heavy (non-hydrogen) atoms. The van der Waals surface area contributed by atoms with Crippen LogP contribution in [-0.4, -0.2) is 40.8 Å². The lowest BCUT2D eigenvalue weighted by Gasteiger charge is -2.53. The van der Waals surface area contributed by atoms with E-state index < -0.39 is 5.60 Å². The van der Waals surface area contributed by atoms with E-state index in [-0.39, 0.29) is 23.2 Å². The van der Waals surface area contributed by atoms with Crippen molar-refractivity contribution in [2.75, 3.05) is 12.4 Å². The van der Waals surface area contributed by atoms with Gasteiger partial charge in [0.2, 0.25) is 5.91 Å². The Hall–Kier alpha value is -2.58. The molecule has 2 N–H and O–H groups in total. The van der Waals surface area contributed by atoms with Gasteiger partial charge in [-0.25, -0.2) is 4.98 Å². The Morgan fingerprint density at radius 3 is 2.86 bits per heavy atom. The Kier molecular flexibility index (Phi) is 7.00. The number of aromatic nitrogens is 1. The molecule has 8 heteroatoms. The highest BCUT2D eigenvalue weighted by atomic mass is 32.1. The number of benzene rings is 1. The quantitative estimate of drug-likeness (QED) is 0.304. The zero-order valence-corrected chi connectivity index (χ0v) is 22.9. The van der Waals surface area contributed by atoms with E-state index in [1.165, 1.54) is 29.4 Å². The van der Waals surface area contributed by atoms with E-state index in [9.17, 15) is 14.7 Å². The molecule has 0 saturated heterocycles. The van der Waals surface area contributed by atoms with Crippen LogP contribution in [0.1, 0.15) is 74.3 Å². The maximum Gasteiger partial charge on any atom is 0.308 e. The predicted octanol–water partition coefficient (Wildman–Crippen LogP) is 5.31. The van der Waals surface area contributed by atoms with Crippen molar-refractivity contribution in [2.24, 2.45) is 28.2 Å². The Balaban J connectivity index is 1.39. The van der Waals surface area contributed by atoms with E-state index in [1.54, 1.807) is 19.5 Å². The number of amides is 1. The Bertz CT molecular complexity index is 1230. The molecule has 7 nitrogen and oxygen atoms in total. The number of ether oxygens (including phenoxy) is 1. The van der Waals surface area contributed by atoms with Crippen molar-refractivity contribution >= 4 is 34.6 Å². The number of hydrogen-bond acceptors (Lipinski definition) is 7. The predicted molar refractivity (Wildman–Crippen MR) is 145 cm³/mol. The topological polar surface area (TPSA) is 101 Å². The largest absolute Gasteiger partial charge is 0.427 e. The number of hydrogen-bond donors (Lipinski definition) is 2. The molecule has 6 atom stereocenters. The molecule has 0 radical (unpaired) electrons. The van der Waals surface area contributed by atoms with Gasteiger partial charge in [-0.05, 0) is 92.4 Å². The monoisotopic (exact) mass is 523 g/mol. The van der Waals surface area contributed by atoms with Gasteiger partial charge in [0.15, 0.2) is 5.13 Å². The van der Waals surface area contributed by atoms with Gasteiger partial charge in [-0.3, -0.25) is 14.6 Å². The van der Waals surface area contributed by atoms with Crippen LogP contribution in [0.15, 0.2) is 29.4 Å². The SMILES string of the molecule is CN=C[C@]1(O)C[C@@H](CCC(=O)Nc2ncc(C)s2)C2C3CCc4cc(OC(C)=O)ccc4C3CC[C@@]21C. The highest BCUT2D eigenvalue weighted by molar-refractivity contribution is 7.15. The lowest BCUT2D eigenvalue weighted by Crippen LogP contribution is -2.52. The molecule has 3 aliphatic rings. The fourth-order valence-electron chi connectivity index (χ4n) is 7.78. The van der Waals surface area contributed by atoms with Crippen LogP contribution in [0, 0.1) is 30.1 Å². The highest BCUT2D eigenvalue weighted by Crippen LogP contribution is 2.66. The minimum Gasteiger partial charge on any atom is -0.427 e. The number of esters is 1. The molecule has 0 aliphatic heterocycles. The number of aliphatic hydroxyl groups is 1. The average Bonchev–Trinajstić information content (AvgIpc) is 3.34. The second-order valence-electron chi connectivity index (χ2n) is 11.4. The smallest absolute Gasteiger partial charge is 0.308 e. The molecular weight excluding hydrogens is 486 g/mol. The van der Waals surface area contributed by atoms with Crippen molar-refractivity contribution in [3.8, 4) is 5.75 Å². The molecule has 1 amide bonds. The normalized spacial score (nSPS) is 32.5. The van der Waals surface area contributed by atoms with E-state index in [0.717, 1.165) is 37.0 Å². The molecule has 5 rings (SSSR count). The average molecular weight is 524 g/mol. The third kappa shape index (κ3) is 4.74. The summed E-state index contributed by atoms with van der Waals surface area (Å²) in [5, 5.41) is 15.5. The second-order valence-corrected chi connectivity index (χ2v) is 12.6. The summed E-state index contributed by atoms with van der Waals surface area (Å²) in [5.74, 6) is 1.65. The molecule has 0 spiro atoms. The Labute approximate surface area is 222 Å². The van der Waals surface area contributed by atoms with Crippen molar-refractivity contribution in [2.45, 2.75) is 77.2 Å². The van der Waals surface area contributed by atoms with Crippen molar-refractivity contribution in [1.82, 2.24) is 4.98 Å². The fraction of sp³-hybridized carbons (Fsp3) is 0.586. The van der Waals surface area contributed by atoms with Crippen LogP contribution in [0.5, 0.6) is 5.75 Å². The Morgan fingerprint density at radius 1 is 1.35 bits per heavy atom. The molecule has 2 aromatic rings. The molecule has 2 fully saturated rings. The van der Waals surface area contributed by atoms with E-state index in [4.69, 9.17) is 4.74 Å². The minimum absolute atomic E-state index is 0.0185. The van der Waals surface area contributed by atoms with Crippen LogP contribution in [0.25, 0.3) is 0 Å². The van der Waals surface area contributed by atoms with Gasteiger partial charge in [-0.15, -0.1) is 11.3 Å². The van der Waals surface area contributed by atoms with Crippen LogP contribution in [0.3, 0.4) is 0 Å². The van der Waals surface area contributed by atoms with Gasteiger partial charge in [0.05, 0.1) is 0 Å². The van der Waals surface area contributed by atoms with E-state index >= 15 is 0 Å². The molecule has 3 unspecified atom stereocenters. The molecular formula is C29H37N3O4S. The molecule has 198 valence electrons. The number of nitrogens with zero attached hydrogens (tertiary/aromatic N) is 2. The number of thiazole rings is 1. The third-order valence-electron chi connectivity index (χ3n) is 9.23. The summed E-state index contributed by atoms with van der Waals surface area (Å²) in [4.78, 5) is 33.8. The zero-order chi connectivity index (χ0) is 26.4. The number of rotatable bonds is 6. The van der Waals surface area contributed by atoms with Crippen LogP contribution in [-0.2, 0) is 16.0 Å². The van der Waals surface area contributed by atoms with E-state index in [1.807, 2.05) is 19.1 Å². The summed E-state index contributed by atoms with van der Waals surface area (Å²) >= 11 is 1.48. The minimum atomic E-state index is -0.968. The molecule has 0 bridgehead atoms. The van der Waals surface area contributed by atoms with Crippen molar-refractivity contribution in [3.63, 3.8) is 0 Å². The summed E-state index contributed by atoms with van der Waals surface area (Å²) in [6.07, 6.45) is 9.19. The molecule has 1 aromatic carbocycles. The Morgan fingerprint density at radius 2 is 2.16 bits per heavy atom. The standard InChI is InChI=1S/C29H37N3O4S/c1-17-15-31-27(37-17)32-25(34)10-6-20-14-29(35,16-30-4)28(3)12-11-23-22-9-7-21(36-18(2)33)13-19(22)5-8-24(23)26(20)28/h7,9,13,15-16,20,23-24,26,35H,5-6,8,10-12,14H2,1-4H3,(H,31,32,34)/t20-,23?,24?,26?,28+,29-/m1/s1. The summed E-state index contributed by atoms with van der Waals surface area (Å²) in [6, 6.07) is 6.07. The van der Waals surface area contributed by atoms with E-state index in [0.29, 0.717) is 41.5 Å². The van der Waals surface area contributed by atoms with Gasteiger partial charge in [0.25, 0.3) is 0 Å². The number of aryl methyl sites for hydroxylation is 2. The number of fused-ring (bicyclic) bond motifs is 5. The van der Waals surface area contributed by atoms with Crippen LogP contribution >= 0.6 is 11.3 Å². The van der Waals surface area contributed by atoms with Crippen molar-refractivity contribution in [1.29, 1.82) is 0 Å². The summed E-state index contributed by atoms with van der Waals surface area (Å²) in [6.45, 7) is 5.64. The number of aliphatic imine (C=N–C) groups is 1. The van der Waals surface area contributed by atoms with Gasteiger partial charge in [0, 0.05) is 43.1 Å². The molecule has 1 heterocycles. The van der Waals surface area contributed by atoms with Crippen molar-refractivity contribution < 1.29 is 19.4 Å². The van der Waals surface area contributed by atoms with Crippen LogP contribution in [0.4, 0.5) is 5.13 Å². The number of carbonyl (C=O) groups excluding carboxylic acids is 2. The highest BCUT2D eigenvalue weighted by Gasteiger charge is 2.64. The maximum absolute atomic E-state index is 12.8. The van der Waals surface area contributed by atoms with Crippen LogP contribution in [0.2, 0.25) is 0 Å². The third-order valence-corrected chi connectivity index (χ3v) is 10.1. The van der Waals surface area contributed by atoms with Crippen molar-refractivity contribution in [3.05, 3.63) is 40.4 Å². The van der Waals surface area contributed by atoms with Gasteiger partial charge < -0.3 is 15.2 Å². The summed E-state index contributed by atoms with van der Waals surface area (Å²) in [5.41, 5.74) is 1.37.